The van der Waals surface area contributed by atoms with E-state index in [1.165, 1.54) is 6.07 Å². The van der Waals surface area contributed by atoms with E-state index in [9.17, 15) is 4.39 Å². The van der Waals surface area contributed by atoms with Gasteiger partial charge >= 0.3 is 0 Å². The van der Waals surface area contributed by atoms with Crippen LogP contribution in [0.5, 0.6) is 0 Å². The van der Waals surface area contributed by atoms with Gasteiger partial charge in [-0.1, -0.05) is 25.1 Å². The second kappa shape index (κ2) is 6.44. The Hall–Kier alpha value is -1.15. The Morgan fingerprint density at radius 1 is 1.44 bits per heavy atom. The van der Waals surface area contributed by atoms with Crippen molar-refractivity contribution in [3.05, 3.63) is 48.3 Å². The number of rotatable bonds is 6. The summed E-state index contributed by atoms with van der Waals surface area (Å²) < 4.78 is 12.9. The number of allylic oxidation sites excluding steroid dienone is 1. The Morgan fingerprint density at radius 3 is 2.81 bits per heavy atom. The van der Waals surface area contributed by atoms with E-state index < -0.39 is 0 Å². The molecule has 0 saturated carbocycles. The van der Waals surface area contributed by atoms with E-state index in [1.807, 2.05) is 12.1 Å². The first-order chi connectivity index (χ1) is 7.63. The van der Waals surface area contributed by atoms with Gasteiger partial charge in [-0.15, -0.1) is 6.58 Å². The Bertz CT molecular complexity index is 335. The molecule has 0 aromatic heterocycles. The standard InChI is InChI=1S/C14H20FN/c1-4-6-11(2)12(3)16-10-13-7-5-8-14(15)9-13/h4-5,7-9,11-12,16H,1,6,10H2,2-3H3. The van der Waals surface area contributed by atoms with Crippen molar-refractivity contribution in [2.24, 2.45) is 5.92 Å². The summed E-state index contributed by atoms with van der Waals surface area (Å²) in [7, 11) is 0. The smallest absolute Gasteiger partial charge is 0.123 e. The molecule has 1 rings (SSSR count). The maximum Gasteiger partial charge on any atom is 0.123 e. The lowest BCUT2D eigenvalue weighted by Crippen LogP contribution is -2.31. The molecule has 16 heavy (non-hydrogen) atoms. The molecule has 0 saturated heterocycles. The quantitative estimate of drug-likeness (QED) is 0.725. The summed E-state index contributed by atoms with van der Waals surface area (Å²) in [5.41, 5.74) is 0.984. The van der Waals surface area contributed by atoms with Crippen LogP contribution in [0.25, 0.3) is 0 Å². The predicted molar refractivity (Wildman–Crippen MR) is 66.7 cm³/mol. The van der Waals surface area contributed by atoms with Crippen molar-refractivity contribution in [2.75, 3.05) is 0 Å². The molecule has 0 spiro atoms. The van der Waals surface area contributed by atoms with Crippen LogP contribution in [0.15, 0.2) is 36.9 Å². The average molecular weight is 221 g/mol. The monoisotopic (exact) mass is 221 g/mol. The molecule has 2 atom stereocenters. The molecule has 0 bridgehead atoms. The van der Waals surface area contributed by atoms with Crippen LogP contribution in [0.1, 0.15) is 25.8 Å². The average Bonchev–Trinajstić information content (AvgIpc) is 2.26. The minimum atomic E-state index is -0.175. The van der Waals surface area contributed by atoms with Crippen LogP contribution in [0.2, 0.25) is 0 Å². The molecule has 0 heterocycles. The zero-order valence-electron chi connectivity index (χ0n) is 10.0. The molecular weight excluding hydrogens is 201 g/mol. The van der Waals surface area contributed by atoms with Gasteiger partial charge in [0.15, 0.2) is 0 Å². The van der Waals surface area contributed by atoms with Crippen LogP contribution in [0.3, 0.4) is 0 Å². The third-order valence-corrected chi connectivity index (χ3v) is 2.91. The highest BCUT2D eigenvalue weighted by molar-refractivity contribution is 5.16. The summed E-state index contributed by atoms with van der Waals surface area (Å²) in [6.07, 6.45) is 2.93. The highest BCUT2D eigenvalue weighted by atomic mass is 19.1. The molecule has 1 aromatic carbocycles. The predicted octanol–water partition coefficient (Wildman–Crippen LogP) is 3.52. The molecule has 0 aliphatic carbocycles. The van der Waals surface area contributed by atoms with Crippen molar-refractivity contribution in [3.63, 3.8) is 0 Å². The van der Waals surface area contributed by atoms with Crippen LogP contribution < -0.4 is 5.32 Å². The van der Waals surface area contributed by atoms with Gasteiger partial charge in [0.2, 0.25) is 0 Å². The fourth-order valence-electron chi connectivity index (χ4n) is 1.59. The number of benzene rings is 1. The third kappa shape index (κ3) is 4.15. The van der Waals surface area contributed by atoms with Gasteiger partial charge in [0, 0.05) is 12.6 Å². The Balaban J connectivity index is 2.42. The summed E-state index contributed by atoms with van der Waals surface area (Å²) in [6, 6.07) is 7.11. The van der Waals surface area contributed by atoms with Crippen molar-refractivity contribution in [2.45, 2.75) is 32.9 Å². The van der Waals surface area contributed by atoms with E-state index in [0.29, 0.717) is 18.5 Å². The SMILES string of the molecule is C=CCC(C)C(C)NCc1cccc(F)c1. The van der Waals surface area contributed by atoms with Crippen LogP contribution in [0, 0.1) is 11.7 Å². The molecule has 88 valence electrons. The minimum absolute atomic E-state index is 0.175. The van der Waals surface area contributed by atoms with Crippen LogP contribution in [0.4, 0.5) is 4.39 Å². The highest BCUT2D eigenvalue weighted by Crippen LogP contribution is 2.09. The number of hydrogen-bond acceptors (Lipinski definition) is 1. The first kappa shape index (κ1) is 12.9. The second-order valence-corrected chi connectivity index (χ2v) is 4.30. The van der Waals surface area contributed by atoms with Crippen molar-refractivity contribution < 1.29 is 4.39 Å². The second-order valence-electron chi connectivity index (χ2n) is 4.30. The Labute approximate surface area is 97.4 Å². The van der Waals surface area contributed by atoms with Gasteiger partial charge in [-0.25, -0.2) is 4.39 Å². The molecule has 0 aliphatic heterocycles. The molecule has 2 heteroatoms. The summed E-state index contributed by atoms with van der Waals surface area (Å²) in [5.74, 6) is 0.372. The summed E-state index contributed by atoms with van der Waals surface area (Å²) in [5, 5.41) is 3.40. The maximum atomic E-state index is 12.9. The summed E-state index contributed by atoms with van der Waals surface area (Å²) in [6.45, 7) is 8.78. The topological polar surface area (TPSA) is 12.0 Å². The van der Waals surface area contributed by atoms with Crippen molar-refractivity contribution >= 4 is 0 Å². The highest BCUT2D eigenvalue weighted by Gasteiger charge is 2.09. The summed E-state index contributed by atoms with van der Waals surface area (Å²) in [4.78, 5) is 0. The zero-order valence-corrected chi connectivity index (χ0v) is 10.0. The third-order valence-electron chi connectivity index (χ3n) is 2.91. The Morgan fingerprint density at radius 2 is 2.19 bits per heavy atom. The van der Waals surface area contributed by atoms with Gasteiger partial charge in [0.1, 0.15) is 5.82 Å². The van der Waals surface area contributed by atoms with E-state index in [4.69, 9.17) is 0 Å². The van der Waals surface area contributed by atoms with Gasteiger partial charge in [0.25, 0.3) is 0 Å². The minimum Gasteiger partial charge on any atom is -0.310 e. The lowest BCUT2D eigenvalue weighted by molar-refractivity contribution is 0.402. The van der Waals surface area contributed by atoms with Gasteiger partial charge in [0.05, 0.1) is 0 Å². The zero-order chi connectivity index (χ0) is 12.0. The number of nitrogens with one attached hydrogen (secondary N) is 1. The molecular formula is C14H20FN. The van der Waals surface area contributed by atoms with E-state index in [-0.39, 0.29) is 5.82 Å². The number of hydrogen-bond donors (Lipinski definition) is 1. The molecule has 0 fully saturated rings. The van der Waals surface area contributed by atoms with Crippen LogP contribution in [-0.2, 0) is 6.54 Å². The van der Waals surface area contributed by atoms with Crippen LogP contribution >= 0.6 is 0 Å². The molecule has 1 nitrogen and oxygen atoms in total. The molecule has 0 aliphatic rings. The van der Waals surface area contributed by atoms with E-state index in [2.05, 4.69) is 25.7 Å². The first-order valence-corrected chi connectivity index (χ1v) is 5.72. The first-order valence-electron chi connectivity index (χ1n) is 5.72. The lowest BCUT2D eigenvalue weighted by Gasteiger charge is -2.20. The van der Waals surface area contributed by atoms with Crippen molar-refractivity contribution in [1.29, 1.82) is 0 Å². The fourth-order valence-corrected chi connectivity index (χ4v) is 1.59. The van der Waals surface area contributed by atoms with Gasteiger partial charge in [-0.05, 0) is 37.0 Å². The maximum absolute atomic E-state index is 12.9. The molecule has 1 aromatic rings. The molecule has 1 N–H and O–H groups in total. The van der Waals surface area contributed by atoms with E-state index in [0.717, 1.165) is 12.0 Å². The van der Waals surface area contributed by atoms with Crippen molar-refractivity contribution in [1.82, 2.24) is 5.32 Å². The van der Waals surface area contributed by atoms with E-state index >= 15 is 0 Å². The van der Waals surface area contributed by atoms with Crippen LogP contribution in [-0.4, -0.2) is 6.04 Å². The summed E-state index contributed by atoms with van der Waals surface area (Å²) >= 11 is 0. The normalized spacial score (nSPS) is 14.4. The lowest BCUT2D eigenvalue weighted by atomic mass is 10.00. The number of halogens is 1. The van der Waals surface area contributed by atoms with Gasteiger partial charge in [-0.2, -0.15) is 0 Å². The fraction of sp³-hybridized carbons (Fsp3) is 0.429. The molecule has 0 radical (unpaired) electrons. The molecule has 0 amide bonds. The van der Waals surface area contributed by atoms with Crippen molar-refractivity contribution in [3.8, 4) is 0 Å². The largest absolute Gasteiger partial charge is 0.310 e. The Kier molecular flexibility index (Phi) is 5.20. The van der Waals surface area contributed by atoms with Gasteiger partial charge in [-0.3, -0.25) is 0 Å². The van der Waals surface area contributed by atoms with Gasteiger partial charge < -0.3 is 5.32 Å². The molecule has 2 unspecified atom stereocenters. The van der Waals surface area contributed by atoms with E-state index in [1.54, 1.807) is 12.1 Å².